The van der Waals surface area contributed by atoms with Crippen molar-refractivity contribution in [3.05, 3.63) is 69.7 Å². The average Bonchev–Trinajstić information content (AvgIpc) is 2.61. The Kier molecular flexibility index (Phi) is 5.83. The number of nitrogens with one attached hydrogen (secondary N) is 1. The van der Waals surface area contributed by atoms with Crippen molar-refractivity contribution >= 4 is 23.2 Å². The zero-order valence-electron chi connectivity index (χ0n) is 13.6. The minimum absolute atomic E-state index is 0.162. The molecular formula is C20H23Cl2NO. The van der Waals surface area contributed by atoms with Gasteiger partial charge in [-0.1, -0.05) is 59.6 Å². The molecule has 1 saturated heterocycles. The summed E-state index contributed by atoms with van der Waals surface area (Å²) in [6.45, 7) is 1.98. The van der Waals surface area contributed by atoms with Gasteiger partial charge >= 0.3 is 0 Å². The zero-order chi connectivity index (χ0) is 17.0. The first-order valence-corrected chi connectivity index (χ1v) is 9.25. The molecule has 1 aliphatic heterocycles. The van der Waals surface area contributed by atoms with Gasteiger partial charge in [0, 0.05) is 28.6 Å². The molecule has 0 radical (unpaired) electrons. The fraction of sp³-hybridized carbons (Fsp3) is 0.400. The Morgan fingerprint density at radius 3 is 2.46 bits per heavy atom. The third kappa shape index (κ3) is 3.34. The maximum Gasteiger partial charge on any atom is 0.0444 e. The van der Waals surface area contributed by atoms with Crippen molar-refractivity contribution in [1.29, 1.82) is 0 Å². The number of aliphatic hydroxyl groups excluding tert-OH is 1. The molecule has 24 heavy (non-hydrogen) atoms. The number of hydrogen-bond acceptors (Lipinski definition) is 2. The maximum atomic E-state index is 9.46. The van der Waals surface area contributed by atoms with Crippen molar-refractivity contribution in [2.24, 2.45) is 0 Å². The molecule has 0 saturated carbocycles. The van der Waals surface area contributed by atoms with E-state index in [2.05, 4.69) is 17.4 Å². The van der Waals surface area contributed by atoms with E-state index in [9.17, 15) is 5.11 Å². The van der Waals surface area contributed by atoms with Gasteiger partial charge in [0.1, 0.15) is 0 Å². The number of benzene rings is 2. The summed E-state index contributed by atoms with van der Waals surface area (Å²) in [5.74, 6) is 0.277. The van der Waals surface area contributed by atoms with Crippen molar-refractivity contribution in [3.8, 4) is 0 Å². The molecule has 1 fully saturated rings. The standard InChI is InChI=1S/C20H23Cl2NO/c21-18-8-3-1-6-15(18)16-10-12-23-14-20(16,11-5-13-24)17-7-2-4-9-19(17)22/h1-4,6-9,16,23-24H,5,10-14H2. The molecule has 0 spiro atoms. The van der Waals surface area contributed by atoms with Crippen LogP contribution in [0.4, 0.5) is 0 Å². The van der Waals surface area contributed by atoms with Crippen LogP contribution in [0, 0.1) is 0 Å². The number of rotatable bonds is 5. The third-order valence-electron chi connectivity index (χ3n) is 5.19. The molecule has 1 aliphatic rings. The molecule has 2 aromatic carbocycles. The van der Waals surface area contributed by atoms with Gasteiger partial charge in [-0.2, -0.15) is 0 Å². The molecular weight excluding hydrogens is 341 g/mol. The van der Waals surface area contributed by atoms with Gasteiger partial charge in [-0.05, 0) is 55.0 Å². The zero-order valence-corrected chi connectivity index (χ0v) is 15.2. The summed E-state index contributed by atoms with van der Waals surface area (Å²) in [6, 6.07) is 16.2. The first-order chi connectivity index (χ1) is 11.7. The second-order valence-corrected chi connectivity index (χ2v) is 7.32. The first-order valence-electron chi connectivity index (χ1n) is 8.50. The van der Waals surface area contributed by atoms with Crippen LogP contribution in [0.15, 0.2) is 48.5 Å². The van der Waals surface area contributed by atoms with E-state index in [4.69, 9.17) is 23.2 Å². The van der Waals surface area contributed by atoms with Crippen LogP contribution in [-0.4, -0.2) is 24.8 Å². The Morgan fingerprint density at radius 1 is 1.04 bits per heavy atom. The van der Waals surface area contributed by atoms with Crippen LogP contribution >= 0.6 is 23.2 Å². The van der Waals surface area contributed by atoms with E-state index in [0.717, 1.165) is 48.0 Å². The van der Waals surface area contributed by atoms with Crippen LogP contribution < -0.4 is 5.32 Å². The lowest BCUT2D eigenvalue weighted by molar-refractivity contribution is 0.211. The van der Waals surface area contributed by atoms with E-state index in [1.54, 1.807) is 0 Å². The summed E-state index contributed by atoms with van der Waals surface area (Å²) < 4.78 is 0. The highest BCUT2D eigenvalue weighted by molar-refractivity contribution is 6.32. The van der Waals surface area contributed by atoms with Crippen molar-refractivity contribution in [3.63, 3.8) is 0 Å². The second kappa shape index (κ2) is 7.88. The molecule has 0 aromatic heterocycles. The highest BCUT2D eigenvalue weighted by Gasteiger charge is 2.44. The SMILES string of the molecule is OCCCC1(c2ccccc2Cl)CNCCC1c1ccccc1Cl. The molecule has 2 nitrogen and oxygen atoms in total. The lowest BCUT2D eigenvalue weighted by atomic mass is 9.62. The largest absolute Gasteiger partial charge is 0.396 e. The lowest BCUT2D eigenvalue weighted by Gasteiger charge is -2.46. The topological polar surface area (TPSA) is 32.3 Å². The predicted octanol–water partition coefficient (Wildman–Crippen LogP) is 4.78. The van der Waals surface area contributed by atoms with Crippen molar-refractivity contribution in [1.82, 2.24) is 5.32 Å². The molecule has 3 rings (SSSR count). The minimum atomic E-state index is -0.162. The summed E-state index contributed by atoms with van der Waals surface area (Å²) >= 11 is 13.1. The monoisotopic (exact) mass is 363 g/mol. The van der Waals surface area contributed by atoms with Gasteiger partial charge in [0.05, 0.1) is 0 Å². The van der Waals surface area contributed by atoms with Crippen molar-refractivity contribution in [2.75, 3.05) is 19.7 Å². The maximum absolute atomic E-state index is 9.46. The molecule has 2 atom stereocenters. The summed E-state index contributed by atoms with van der Waals surface area (Å²) in [5, 5.41) is 14.6. The Bertz CT molecular complexity index is 691. The van der Waals surface area contributed by atoms with E-state index in [-0.39, 0.29) is 17.9 Å². The lowest BCUT2D eigenvalue weighted by Crippen LogP contribution is -2.49. The van der Waals surface area contributed by atoms with Crippen LogP contribution in [0.25, 0.3) is 0 Å². The number of piperidine rings is 1. The Morgan fingerprint density at radius 2 is 1.75 bits per heavy atom. The van der Waals surface area contributed by atoms with Gasteiger partial charge < -0.3 is 10.4 Å². The Balaban J connectivity index is 2.13. The fourth-order valence-electron chi connectivity index (χ4n) is 4.11. The van der Waals surface area contributed by atoms with Crippen molar-refractivity contribution in [2.45, 2.75) is 30.6 Å². The second-order valence-electron chi connectivity index (χ2n) is 6.50. The smallest absolute Gasteiger partial charge is 0.0444 e. The normalized spacial score (nSPS) is 24.0. The van der Waals surface area contributed by atoms with Gasteiger partial charge in [-0.25, -0.2) is 0 Å². The fourth-order valence-corrected chi connectivity index (χ4v) is 4.70. The summed E-state index contributed by atoms with van der Waals surface area (Å²) in [5.41, 5.74) is 2.17. The average molecular weight is 364 g/mol. The van der Waals surface area contributed by atoms with E-state index in [0.29, 0.717) is 0 Å². The summed E-state index contributed by atoms with van der Waals surface area (Å²) in [4.78, 5) is 0. The third-order valence-corrected chi connectivity index (χ3v) is 5.86. The van der Waals surface area contributed by atoms with E-state index >= 15 is 0 Å². The highest BCUT2D eigenvalue weighted by Crippen LogP contribution is 2.49. The number of halogens is 2. The summed E-state index contributed by atoms with van der Waals surface area (Å²) in [6.07, 6.45) is 2.62. The van der Waals surface area contributed by atoms with Gasteiger partial charge in [-0.3, -0.25) is 0 Å². The molecule has 128 valence electrons. The summed E-state index contributed by atoms with van der Waals surface area (Å²) in [7, 11) is 0. The molecule has 2 N–H and O–H groups in total. The predicted molar refractivity (Wildman–Crippen MR) is 101 cm³/mol. The molecule has 4 heteroatoms. The molecule has 2 unspecified atom stereocenters. The number of aliphatic hydroxyl groups is 1. The molecule has 2 aromatic rings. The molecule has 1 heterocycles. The van der Waals surface area contributed by atoms with Gasteiger partial charge in [-0.15, -0.1) is 0 Å². The van der Waals surface area contributed by atoms with E-state index in [1.165, 1.54) is 5.56 Å². The van der Waals surface area contributed by atoms with E-state index in [1.807, 2.05) is 36.4 Å². The van der Waals surface area contributed by atoms with Gasteiger partial charge in [0.2, 0.25) is 0 Å². The minimum Gasteiger partial charge on any atom is -0.396 e. The van der Waals surface area contributed by atoms with Gasteiger partial charge in [0.25, 0.3) is 0 Å². The van der Waals surface area contributed by atoms with Crippen LogP contribution in [0.5, 0.6) is 0 Å². The van der Waals surface area contributed by atoms with Crippen molar-refractivity contribution < 1.29 is 5.11 Å². The van der Waals surface area contributed by atoms with Crippen LogP contribution in [0.2, 0.25) is 10.0 Å². The molecule has 0 amide bonds. The van der Waals surface area contributed by atoms with Crippen LogP contribution in [0.3, 0.4) is 0 Å². The Hall–Kier alpha value is -1.06. The van der Waals surface area contributed by atoms with Crippen LogP contribution in [0.1, 0.15) is 36.3 Å². The molecule has 0 bridgehead atoms. The Labute approximate surface area is 153 Å². The van der Waals surface area contributed by atoms with Crippen LogP contribution in [-0.2, 0) is 5.41 Å². The molecule has 0 aliphatic carbocycles. The number of hydrogen-bond donors (Lipinski definition) is 2. The quantitative estimate of drug-likeness (QED) is 0.800. The van der Waals surface area contributed by atoms with E-state index < -0.39 is 0 Å². The first kappa shape index (κ1) is 17.8. The van der Waals surface area contributed by atoms with Gasteiger partial charge in [0.15, 0.2) is 0 Å². The highest BCUT2D eigenvalue weighted by atomic mass is 35.5.